The second-order valence-electron chi connectivity index (χ2n) is 11.7. The standard InChI is InChI=1S/C33H38N4O2S/c1-20-6-8-23(9-7-20)28-19-36(4)15-14-26(28)27-17-30(40-32(27)33(38)39-5)25-12-10-24(11-13-25)29-18-31-34-21(2)16-22(3)37(31)35-29/h10-13,16-18,20,23H,6-9,14-15,19H2,1-5H3. The highest BCUT2D eigenvalue weighted by molar-refractivity contribution is 7.17. The topological polar surface area (TPSA) is 59.7 Å². The van der Waals surface area contributed by atoms with Crippen LogP contribution in [0.5, 0.6) is 0 Å². The minimum atomic E-state index is -0.242. The number of aryl methyl sites for hydroxylation is 2. The maximum atomic E-state index is 13.0. The van der Waals surface area contributed by atoms with Crippen LogP contribution in [0.1, 0.15) is 65.7 Å². The number of carbonyl (C=O) groups is 1. The first-order valence-electron chi connectivity index (χ1n) is 14.4. The van der Waals surface area contributed by atoms with Gasteiger partial charge in [-0.2, -0.15) is 5.10 Å². The predicted molar refractivity (Wildman–Crippen MR) is 163 cm³/mol. The smallest absolute Gasteiger partial charge is 0.348 e. The fourth-order valence-corrected chi connectivity index (χ4v) is 7.56. The Morgan fingerprint density at radius 2 is 1.75 bits per heavy atom. The molecule has 0 N–H and O–H groups in total. The van der Waals surface area contributed by atoms with Crippen molar-refractivity contribution in [2.75, 3.05) is 27.2 Å². The van der Waals surface area contributed by atoms with Crippen LogP contribution in [0.15, 0.2) is 48.0 Å². The van der Waals surface area contributed by atoms with E-state index < -0.39 is 0 Å². The predicted octanol–water partition coefficient (Wildman–Crippen LogP) is 7.44. The first-order valence-corrected chi connectivity index (χ1v) is 15.2. The van der Waals surface area contributed by atoms with Crippen molar-refractivity contribution in [1.29, 1.82) is 0 Å². The Labute approximate surface area is 240 Å². The molecule has 4 heterocycles. The van der Waals surface area contributed by atoms with Crippen LogP contribution in [0, 0.1) is 25.7 Å². The van der Waals surface area contributed by atoms with Gasteiger partial charge in [0.15, 0.2) is 5.65 Å². The van der Waals surface area contributed by atoms with E-state index in [1.54, 1.807) is 11.3 Å². The number of methoxy groups -OCH3 is 1. The Hall–Kier alpha value is -3.29. The van der Waals surface area contributed by atoms with Crippen molar-refractivity contribution < 1.29 is 9.53 Å². The lowest BCUT2D eigenvalue weighted by molar-refractivity contribution is 0.0606. The van der Waals surface area contributed by atoms with Gasteiger partial charge < -0.3 is 9.64 Å². The monoisotopic (exact) mass is 554 g/mol. The number of rotatable bonds is 5. The number of thiophene rings is 1. The molecule has 40 heavy (non-hydrogen) atoms. The van der Waals surface area contributed by atoms with Gasteiger partial charge in [-0.3, -0.25) is 0 Å². The molecular weight excluding hydrogens is 516 g/mol. The maximum Gasteiger partial charge on any atom is 0.348 e. The molecule has 1 saturated carbocycles. The Bertz CT molecular complexity index is 1590. The normalized spacial score (nSPS) is 20.3. The molecule has 4 aromatic rings. The van der Waals surface area contributed by atoms with Crippen LogP contribution in [-0.4, -0.2) is 52.7 Å². The summed E-state index contributed by atoms with van der Waals surface area (Å²) < 4.78 is 7.17. The molecule has 0 unspecified atom stereocenters. The average Bonchev–Trinajstić information content (AvgIpc) is 3.59. The van der Waals surface area contributed by atoms with Gasteiger partial charge >= 0.3 is 5.97 Å². The number of hydrogen-bond donors (Lipinski definition) is 0. The van der Waals surface area contributed by atoms with Gasteiger partial charge in [-0.1, -0.05) is 44.0 Å². The molecule has 2 aliphatic rings. The number of fused-ring (bicyclic) bond motifs is 1. The summed E-state index contributed by atoms with van der Waals surface area (Å²) in [6.45, 7) is 8.43. The highest BCUT2D eigenvalue weighted by Crippen LogP contribution is 2.43. The maximum absolute atomic E-state index is 13.0. The Balaban J connectivity index is 1.37. The third-order valence-corrected chi connectivity index (χ3v) is 9.87. The van der Waals surface area contributed by atoms with Gasteiger partial charge in [-0.05, 0) is 80.8 Å². The molecule has 0 radical (unpaired) electrons. The molecule has 0 amide bonds. The van der Waals surface area contributed by atoms with Crippen molar-refractivity contribution in [3.63, 3.8) is 0 Å². The van der Waals surface area contributed by atoms with E-state index in [1.165, 1.54) is 43.9 Å². The molecule has 3 aromatic heterocycles. The van der Waals surface area contributed by atoms with E-state index in [0.717, 1.165) is 74.6 Å². The largest absolute Gasteiger partial charge is 0.465 e. The molecule has 1 aliphatic heterocycles. The molecule has 6 nitrogen and oxygen atoms in total. The van der Waals surface area contributed by atoms with Crippen molar-refractivity contribution >= 4 is 28.5 Å². The second kappa shape index (κ2) is 10.9. The molecule has 0 saturated heterocycles. The van der Waals surface area contributed by atoms with E-state index in [4.69, 9.17) is 9.84 Å². The summed E-state index contributed by atoms with van der Waals surface area (Å²) in [6, 6.07) is 14.8. The molecule has 6 rings (SSSR count). The number of esters is 1. The highest BCUT2D eigenvalue weighted by atomic mass is 32.1. The van der Waals surface area contributed by atoms with Crippen LogP contribution in [0.2, 0.25) is 0 Å². The molecule has 0 atom stereocenters. The molecule has 1 aliphatic carbocycles. The number of nitrogens with zero attached hydrogens (tertiary/aromatic N) is 4. The minimum absolute atomic E-state index is 0.242. The SMILES string of the molecule is COC(=O)c1sc(-c2ccc(-c3cc4nc(C)cc(C)n4n3)cc2)cc1C1=C(C2CCC(C)CC2)CN(C)CC1. The van der Waals surface area contributed by atoms with Crippen molar-refractivity contribution in [3.05, 3.63) is 69.9 Å². The van der Waals surface area contributed by atoms with Gasteiger partial charge in [0, 0.05) is 46.5 Å². The van der Waals surface area contributed by atoms with E-state index in [-0.39, 0.29) is 5.97 Å². The quantitative estimate of drug-likeness (QED) is 0.240. The van der Waals surface area contributed by atoms with Gasteiger partial charge in [-0.25, -0.2) is 14.3 Å². The number of hydrogen-bond acceptors (Lipinski definition) is 6. The van der Waals surface area contributed by atoms with E-state index in [0.29, 0.717) is 5.92 Å². The summed E-state index contributed by atoms with van der Waals surface area (Å²) in [6.07, 6.45) is 6.04. The lowest BCUT2D eigenvalue weighted by atomic mass is 9.75. The number of likely N-dealkylation sites (N-methyl/N-ethyl adjacent to an activating group) is 1. The van der Waals surface area contributed by atoms with Gasteiger partial charge in [-0.15, -0.1) is 11.3 Å². The number of carbonyl (C=O) groups excluding carboxylic acids is 1. The van der Waals surface area contributed by atoms with E-state index in [9.17, 15) is 4.79 Å². The molecule has 208 valence electrons. The van der Waals surface area contributed by atoms with Crippen LogP contribution in [-0.2, 0) is 4.74 Å². The van der Waals surface area contributed by atoms with E-state index in [1.807, 2.05) is 23.6 Å². The third-order valence-electron chi connectivity index (χ3n) is 8.71. The zero-order valence-electron chi connectivity index (χ0n) is 24.2. The van der Waals surface area contributed by atoms with Crippen LogP contribution in [0.25, 0.3) is 32.9 Å². The lowest BCUT2D eigenvalue weighted by Gasteiger charge is -2.35. The fraction of sp³-hybridized carbons (Fsp3) is 0.424. The van der Waals surface area contributed by atoms with Crippen molar-refractivity contribution in [3.8, 4) is 21.7 Å². The molecule has 0 bridgehead atoms. The Kier molecular flexibility index (Phi) is 7.36. The van der Waals surface area contributed by atoms with Crippen LogP contribution in [0.4, 0.5) is 0 Å². The van der Waals surface area contributed by atoms with Gasteiger partial charge in [0.2, 0.25) is 0 Å². The highest BCUT2D eigenvalue weighted by Gasteiger charge is 2.30. The fourth-order valence-electron chi connectivity index (χ4n) is 6.46. The van der Waals surface area contributed by atoms with Gasteiger partial charge in [0.05, 0.1) is 12.8 Å². The summed E-state index contributed by atoms with van der Waals surface area (Å²) in [5.41, 5.74) is 9.95. The molecule has 1 fully saturated rings. The number of ether oxygens (including phenoxy) is 1. The number of aromatic nitrogens is 3. The van der Waals surface area contributed by atoms with E-state index in [2.05, 4.69) is 61.1 Å². The van der Waals surface area contributed by atoms with Crippen LogP contribution in [0.3, 0.4) is 0 Å². The number of benzene rings is 1. The summed E-state index contributed by atoms with van der Waals surface area (Å²) in [7, 11) is 3.70. The van der Waals surface area contributed by atoms with Crippen LogP contribution >= 0.6 is 11.3 Å². The van der Waals surface area contributed by atoms with Gasteiger partial charge in [0.1, 0.15) is 4.88 Å². The molecular formula is C33H38N4O2S. The van der Waals surface area contributed by atoms with Crippen LogP contribution < -0.4 is 0 Å². The zero-order valence-corrected chi connectivity index (χ0v) is 25.0. The zero-order chi connectivity index (χ0) is 28.0. The Morgan fingerprint density at radius 1 is 1.02 bits per heavy atom. The molecule has 1 aromatic carbocycles. The van der Waals surface area contributed by atoms with Crippen molar-refractivity contribution in [2.24, 2.45) is 11.8 Å². The first-order chi connectivity index (χ1) is 19.3. The summed E-state index contributed by atoms with van der Waals surface area (Å²) in [5, 5.41) is 4.79. The van der Waals surface area contributed by atoms with Crippen molar-refractivity contribution in [1.82, 2.24) is 19.5 Å². The van der Waals surface area contributed by atoms with Crippen molar-refractivity contribution in [2.45, 2.75) is 52.9 Å². The summed E-state index contributed by atoms with van der Waals surface area (Å²) >= 11 is 1.55. The van der Waals surface area contributed by atoms with Gasteiger partial charge in [0.25, 0.3) is 0 Å². The first kappa shape index (κ1) is 26.9. The summed E-state index contributed by atoms with van der Waals surface area (Å²) in [4.78, 5) is 21.9. The molecule has 0 spiro atoms. The van der Waals surface area contributed by atoms with E-state index >= 15 is 0 Å². The Morgan fingerprint density at radius 3 is 2.48 bits per heavy atom. The molecule has 7 heteroatoms. The second-order valence-corrected chi connectivity index (χ2v) is 12.8. The minimum Gasteiger partial charge on any atom is -0.465 e. The third kappa shape index (κ3) is 5.13. The lowest BCUT2D eigenvalue weighted by Crippen LogP contribution is -2.31. The average molecular weight is 555 g/mol. The summed E-state index contributed by atoms with van der Waals surface area (Å²) in [5.74, 6) is 1.18.